The maximum atomic E-state index is 12.7. The molecule has 0 bridgehead atoms. The molecule has 0 spiro atoms. The third-order valence-corrected chi connectivity index (χ3v) is 5.97. The number of amides is 1. The maximum Gasteiger partial charge on any atom is 0.410 e. The van der Waals surface area contributed by atoms with E-state index in [0.29, 0.717) is 6.54 Å². The molecule has 3 rings (SSSR count). The lowest BCUT2D eigenvalue weighted by Crippen LogP contribution is -2.45. The molecule has 0 unspecified atom stereocenters. The second-order valence-corrected chi connectivity index (χ2v) is 9.60. The van der Waals surface area contributed by atoms with Crippen molar-refractivity contribution < 1.29 is 17.9 Å². The zero-order valence-electron chi connectivity index (χ0n) is 15.9. The molecule has 0 aromatic heterocycles. The van der Waals surface area contributed by atoms with E-state index in [-0.39, 0.29) is 17.5 Å². The zero-order valence-corrected chi connectivity index (χ0v) is 16.8. The number of carbonyl (C=O) groups is 1. The van der Waals surface area contributed by atoms with Crippen molar-refractivity contribution in [3.8, 4) is 0 Å². The van der Waals surface area contributed by atoms with E-state index in [1.807, 2.05) is 45.0 Å². The second kappa shape index (κ2) is 7.48. The Bertz CT molecular complexity index is 934. The van der Waals surface area contributed by atoms with Gasteiger partial charge in [-0.05, 0) is 56.5 Å². The lowest BCUT2D eigenvalue weighted by atomic mass is 10.1. The molecular weight excluding hydrogens is 364 g/mol. The van der Waals surface area contributed by atoms with Crippen LogP contribution in [0.1, 0.15) is 33.6 Å². The van der Waals surface area contributed by atoms with Crippen LogP contribution in [-0.2, 0) is 14.8 Å². The summed E-state index contributed by atoms with van der Waals surface area (Å²) in [7, 11) is -3.65. The highest BCUT2D eigenvalue weighted by Crippen LogP contribution is 2.22. The van der Waals surface area contributed by atoms with Gasteiger partial charge < -0.3 is 9.64 Å². The summed E-state index contributed by atoms with van der Waals surface area (Å²) in [6.07, 6.45) is 1.19. The predicted octanol–water partition coefficient (Wildman–Crippen LogP) is 3.52. The van der Waals surface area contributed by atoms with Gasteiger partial charge in [-0.2, -0.15) is 0 Å². The van der Waals surface area contributed by atoms with Crippen molar-refractivity contribution in [3.63, 3.8) is 0 Å². The molecule has 2 aromatic carbocycles. The van der Waals surface area contributed by atoms with Gasteiger partial charge in [0.25, 0.3) is 0 Å². The SMILES string of the molecule is CC(C)(C)OC(=O)N1CCC[C@@H]1CNS(=O)(=O)c1ccc2ccccc2c1. The van der Waals surface area contributed by atoms with Crippen LogP contribution in [0.5, 0.6) is 0 Å². The largest absolute Gasteiger partial charge is 0.444 e. The Labute approximate surface area is 160 Å². The number of hydrogen-bond donors (Lipinski definition) is 1. The molecule has 1 amide bonds. The van der Waals surface area contributed by atoms with Crippen molar-refractivity contribution in [3.05, 3.63) is 42.5 Å². The van der Waals surface area contributed by atoms with E-state index in [1.165, 1.54) is 0 Å². The molecule has 1 saturated heterocycles. The summed E-state index contributed by atoms with van der Waals surface area (Å²) >= 11 is 0. The van der Waals surface area contributed by atoms with Gasteiger partial charge in [-0.25, -0.2) is 17.9 Å². The first-order chi connectivity index (χ1) is 12.7. The molecule has 1 N–H and O–H groups in total. The van der Waals surface area contributed by atoms with Crippen LogP contribution >= 0.6 is 0 Å². The number of carbonyl (C=O) groups excluding carboxylic acids is 1. The van der Waals surface area contributed by atoms with Crippen LogP contribution in [0, 0.1) is 0 Å². The summed E-state index contributed by atoms with van der Waals surface area (Å²) in [5.74, 6) is 0. The highest BCUT2D eigenvalue weighted by Gasteiger charge is 2.33. The average Bonchev–Trinajstić information content (AvgIpc) is 3.07. The third-order valence-electron chi connectivity index (χ3n) is 4.55. The fourth-order valence-electron chi connectivity index (χ4n) is 3.23. The summed E-state index contributed by atoms with van der Waals surface area (Å²) in [5.41, 5.74) is -0.575. The van der Waals surface area contributed by atoms with Gasteiger partial charge >= 0.3 is 6.09 Å². The predicted molar refractivity (Wildman–Crippen MR) is 105 cm³/mol. The number of nitrogens with zero attached hydrogens (tertiary/aromatic N) is 1. The molecule has 1 fully saturated rings. The lowest BCUT2D eigenvalue weighted by molar-refractivity contribution is 0.0229. The summed E-state index contributed by atoms with van der Waals surface area (Å²) in [6, 6.07) is 12.5. The van der Waals surface area contributed by atoms with Crippen molar-refractivity contribution in [1.29, 1.82) is 0 Å². The molecule has 146 valence electrons. The Hall–Kier alpha value is -2.12. The molecule has 1 aliphatic rings. The van der Waals surface area contributed by atoms with Crippen LogP contribution in [0.2, 0.25) is 0 Å². The van der Waals surface area contributed by atoms with Crippen LogP contribution < -0.4 is 4.72 Å². The molecule has 0 saturated carbocycles. The van der Waals surface area contributed by atoms with Gasteiger partial charge in [0.05, 0.1) is 4.90 Å². The Kier molecular flexibility index (Phi) is 5.44. The van der Waals surface area contributed by atoms with Gasteiger partial charge in [0.2, 0.25) is 10.0 Å². The fourth-order valence-corrected chi connectivity index (χ4v) is 4.34. The number of fused-ring (bicyclic) bond motifs is 1. The minimum Gasteiger partial charge on any atom is -0.444 e. The van der Waals surface area contributed by atoms with E-state index in [9.17, 15) is 13.2 Å². The first kappa shape index (κ1) is 19.6. The molecule has 7 heteroatoms. The summed E-state index contributed by atoms with van der Waals surface area (Å²) in [6.45, 7) is 6.21. The normalized spacial score (nSPS) is 18.0. The molecule has 6 nitrogen and oxygen atoms in total. The lowest BCUT2D eigenvalue weighted by Gasteiger charge is -2.28. The standard InChI is InChI=1S/C20H26N2O4S/c1-20(2,3)26-19(23)22-12-6-9-17(22)14-21-27(24,25)18-11-10-15-7-4-5-8-16(15)13-18/h4-5,7-8,10-11,13,17,21H,6,9,12,14H2,1-3H3/t17-/m1/s1. The smallest absolute Gasteiger partial charge is 0.410 e. The van der Waals surface area contributed by atoms with Gasteiger partial charge in [0, 0.05) is 19.1 Å². The van der Waals surface area contributed by atoms with Gasteiger partial charge in [-0.15, -0.1) is 0 Å². The molecular formula is C20H26N2O4S. The highest BCUT2D eigenvalue weighted by molar-refractivity contribution is 7.89. The summed E-state index contributed by atoms with van der Waals surface area (Å²) < 4.78 is 33.5. The van der Waals surface area contributed by atoms with Gasteiger partial charge in [0.15, 0.2) is 0 Å². The number of hydrogen-bond acceptors (Lipinski definition) is 4. The summed E-state index contributed by atoms with van der Waals surface area (Å²) in [4.78, 5) is 14.2. The van der Waals surface area contributed by atoms with Crippen molar-refractivity contribution >= 4 is 26.9 Å². The van der Waals surface area contributed by atoms with Gasteiger partial charge in [-0.1, -0.05) is 30.3 Å². The van der Waals surface area contributed by atoms with Gasteiger partial charge in [0.1, 0.15) is 5.60 Å². The molecule has 1 aliphatic heterocycles. The van der Waals surface area contributed by atoms with Crippen LogP contribution in [0.15, 0.2) is 47.4 Å². The Balaban J connectivity index is 1.69. The van der Waals surface area contributed by atoms with E-state index >= 15 is 0 Å². The van der Waals surface area contributed by atoms with E-state index < -0.39 is 21.7 Å². The highest BCUT2D eigenvalue weighted by atomic mass is 32.2. The second-order valence-electron chi connectivity index (χ2n) is 7.83. The zero-order chi connectivity index (χ0) is 19.7. The van der Waals surface area contributed by atoms with Crippen LogP contribution in [0.25, 0.3) is 10.8 Å². The Morgan fingerprint density at radius 3 is 2.59 bits per heavy atom. The van der Waals surface area contributed by atoms with Crippen LogP contribution in [0.4, 0.5) is 4.79 Å². The van der Waals surface area contributed by atoms with Crippen molar-refractivity contribution in [2.24, 2.45) is 0 Å². The first-order valence-corrected chi connectivity index (χ1v) is 10.6. The van der Waals surface area contributed by atoms with Crippen molar-refractivity contribution in [2.75, 3.05) is 13.1 Å². The number of rotatable bonds is 4. The van der Waals surface area contributed by atoms with E-state index in [0.717, 1.165) is 23.6 Å². The maximum absolute atomic E-state index is 12.7. The number of likely N-dealkylation sites (tertiary alicyclic amines) is 1. The molecule has 0 radical (unpaired) electrons. The van der Waals surface area contributed by atoms with E-state index in [1.54, 1.807) is 23.1 Å². The number of benzene rings is 2. The van der Waals surface area contributed by atoms with Crippen LogP contribution in [-0.4, -0.2) is 44.1 Å². The van der Waals surface area contributed by atoms with E-state index in [2.05, 4.69) is 4.72 Å². The van der Waals surface area contributed by atoms with Gasteiger partial charge in [-0.3, -0.25) is 0 Å². The average molecular weight is 391 g/mol. The van der Waals surface area contributed by atoms with Crippen LogP contribution in [0.3, 0.4) is 0 Å². The Morgan fingerprint density at radius 1 is 1.19 bits per heavy atom. The van der Waals surface area contributed by atoms with Crippen molar-refractivity contribution in [2.45, 2.75) is 50.2 Å². The summed E-state index contributed by atoms with van der Waals surface area (Å²) in [5, 5.41) is 1.86. The monoisotopic (exact) mass is 390 g/mol. The minimum atomic E-state index is -3.65. The topological polar surface area (TPSA) is 75.7 Å². The van der Waals surface area contributed by atoms with Crippen molar-refractivity contribution in [1.82, 2.24) is 9.62 Å². The Morgan fingerprint density at radius 2 is 1.89 bits per heavy atom. The molecule has 1 atom stereocenters. The third kappa shape index (κ3) is 4.78. The number of nitrogens with one attached hydrogen (secondary N) is 1. The molecule has 1 heterocycles. The first-order valence-electron chi connectivity index (χ1n) is 9.14. The molecule has 0 aliphatic carbocycles. The van der Waals surface area contributed by atoms with E-state index in [4.69, 9.17) is 4.74 Å². The number of sulfonamides is 1. The fraction of sp³-hybridized carbons (Fsp3) is 0.450. The quantitative estimate of drug-likeness (QED) is 0.867. The molecule has 2 aromatic rings. The minimum absolute atomic E-state index is 0.175. The molecule has 27 heavy (non-hydrogen) atoms. The number of ether oxygens (including phenoxy) is 1.